The minimum atomic E-state index is -0.625. The molecule has 0 aromatic heterocycles. The van der Waals surface area contributed by atoms with Crippen LogP contribution in [0.4, 0.5) is 15.8 Å². The molecule has 2 saturated heterocycles. The zero-order valence-corrected chi connectivity index (χ0v) is 21.2. The van der Waals surface area contributed by atoms with E-state index in [1.165, 1.54) is 23.8 Å². The molecule has 0 radical (unpaired) electrons. The third-order valence-electron chi connectivity index (χ3n) is 7.11. The molecule has 0 unspecified atom stereocenters. The fraction of sp³-hybridized carbons (Fsp3) is 0.310. The Morgan fingerprint density at radius 2 is 1.57 bits per heavy atom. The van der Waals surface area contributed by atoms with Gasteiger partial charge >= 0.3 is 0 Å². The van der Waals surface area contributed by atoms with Crippen LogP contribution in [0.25, 0.3) is 0 Å². The molecule has 0 spiro atoms. The number of piperidine rings is 1. The van der Waals surface area contributed by atoms with Gasteiger partial charge in [0.1, 0.15) is 5.82 Å². The molecule has 192 valence electrons. The minimum Gasteiger partial charge on any atom is -0.378 e. The number of carbonyl (C=O) groups excluding carboxylic acids is 2. The normalized spacial score (nSPS) is 16.5. The van der Waals surface area contributed by atoms with Crippen molar-refractivity contribution in [3.05, 3.63) is 94.3 Å². The lowest BCUT2D eigenvalue weighted by Crippen LogP contribution is -2.38. The molecule has 2 fully saturated rings. The van der Waals surface area contributed by atoms with Gasteiger partial charge in [-0.05, 0) is 72.9 Å². The van der Waals surface area contributed by atoms with E-state index < -0.39 is 11.7 Å². The molecule has 0 atom stereocenters. The van der Waals surface area contributed by atoms with Gasteiger partial charge in [-0.2, -0.15) is 0 Å². The van der Waals surface area contributed by atoms with Crippen molar-refractivity contribution in [2.75, 3.05) is 49.6 Å². The third kappa shape index (κ3) is 5.78. The van der Waals surface area contributed by atoms with Gasteiger partial charge in [-0.1, -0.05) is 29.8 Å². The van der Waals surface area contributed by atoms with Gasteiger partial charge in [0.25, 0.3) is 11.8 Å². The Balaban J connectivity index is 1.14. The summed E-state index contributed by atoms with van der Waals surface area (Å²) in [5.41, 5.74) is 3.72. The second-order valence-corrected chi connectivity index (χ2v) is 9.77. The molecule has 3 aromatic carbocycles. The Morgan fingerprint density at radius 3 is 2.24 bits per heavy atom. The number of morpholine rings is 1. The van der Waals surface area contributed by atoms with E-state index in [9.17, 15) is 14.0 Å². The fourth-order valence-corrected chi connectivity index (χ4v) is 5.16. The summed E-state index contributed by atoms with van der Waals surface area (Å²) < 4.78 is 19.1. The van der Waals surface area contributed by atoms with Crippen LogP contribution in [0.3, 0.4) is 0 Å². The van der Waals surface area contributed by atoms with E-state index in [4.69, 9.17) is 16.3 Å². The van der Waals surface area contributed by atoms with Gasteiger partial charge in [-0.25, -0.2) is 4.39 Å². The first-order valence-electron chi connectivity index (χ1n) is 12.6. The number of benzene rings is 3. The van der Waals surface area contributed by atoms with Gasteiger partial charge in [0.05, 0.1) is 23.8 Å². The summed E-state index contributed by atoms with van der Waals surface area (Å²) in [5.74, 6) is -0.669. The lowest BCUT2D eigenvalue weighted by atomic mass is 9.89. The topological polar surface area (TPSA) is 61.9 Å². The summed E-state index contributed by atoms with van der Waals surface area (Å²) >= 11 is 5.92. The number of hydrogen-bond acceptors (Lipinski definition) is 4. The zero-order chi connectivity index (χ0) is 25.8. The molecule has 2 aliphatic heterocycles. The molecule has 8 heteroatoms. The highest BCUT2D eigenvalue weighted by atomic mass is 35.5. The number of hydrogen-bond donors (Lipinski definition) is 1. The molecule has 2 heterocycles. The highest BCUT2D eigenvalue weighted by Gasteiger charge is 2.25. The second kappa shape index (κ2) is 11.3. The molecule has 0 bridgehead atoms. The van der Waals surface area contributed by atoms with E-state index in [0.717, 1.165) is 44.8 Å². The molecule has 0 aliphatic carbocycles. The van der Waals surface area contributed by atoms with E-state index in [1.807, 2.05) is 53.4 Å². The highest BCUT2D eigenvalue weighted by molar-refractivity contribution is 6.34. The van der Waals surface area contributed by atoms with Gasteiger partial charge in [-0.3, -0.25) is 9.59 Å². The predicted molar refractivity (Wildman–Crippen MR) is 143 cm³/mol. The molecular formula is C29H29ClFN3O3. The zero-order valence-electron chi connectivity index (χ0n) is 20.5. The number of carbonyl (C=O) groups is 2. The molecule has 1 N–H and O–H groups in total. The van der Waals surface area contributed by atoms with Crippen molar-refractivity contribution in [1.29, 1.82) is 0 Å². The van der Waals surface area contributed by atoms with Gasteiger partial charge in [0.15, 0.2) is 0 Å². The average Bonchev–Trinajstić information content (AvgIpc) is 2.95. The smallest absolute Gasteiger partial charge is 0.257 e. The summed E-state index contributed by atoms with van der Waals surface area (Å²) in [6.45, 7) is 4.61. The molecule has 5 rings (SSSR count). The molecule has 0 saturated carbocycles. The standard InChI is InChI=1S/C29H29ClFN3O3/c30-27-25(2-1-3-26(27)31)28(35)32-23-8-4-20(5-9-23)21-12-14-34(15-13-21)29(36)22-6-10-24(11-7-22)33-16-18-37-19-17-33/h1-11,21H,12-19H2,(H,32,35). The van der Waals surface area contributed by atoms with E-state index in [2.05, 4.69) is 10.2 Å². The van der Waals surface area contributed by atoms with E-state index >= 15 is 0 Å². The van der Waals surface area contributed by atoms with Crippen LogP contribution < -0.4 is 10.2 Å². The van der Waals surface area contributed by atoms with Crippen LogP contribution in [0.2, 0.25) is 5.02 Å². The van der Waals surface area contributed by atoms with Crippen molar-refractivity contribution in [3.8, 4) is 0 Å². The van der Waals surface area contributed by atoms with Crippen molar-refractivity contribution in [1.82, 2.24) is 4.90 Å². The van der Waals surface area contributed by atoms with Crippen molar-refractivity contribution >= 4 is 34.8 Å². The first-order valence-corrected chi connectivity index (χ1v) is 12.9. The largest absolute Gasteiger partial charge is 0.378 e. The number of anilines is 2. The van der Waals surface area contributed by atoms with Crippen LogP contribution in [0.15, 0.2) is 66.7 Å². The van der Waals surface area contributed by atoms with E-state index in [1.54, 1.807) is 0 Å². The maximum absolute atomic E-state index is 13.7. The van der Waals surface area contributed by atoms with Crippen LogP contribution in [0.5, 0.6) is 0 Å². The number of halogens is 2. The Labute approximate surface area is 221 Å². The Kier molecular flexibility index (Phi) is 7.72. The fourth-order valence-electron chi connectivity index (χ4n) is 4.95. The molecule has 37 heavy (non-hydrogen) atoms. The summed E-state index contributed by atoms with van der Waals surface area (Å²) in [4.78, 5) is 29.7. The second-order valence-electron chi connectivity index (χ2n) is 9.39. The third-order valence-corrected chi connectivity index (χ3v) is 7.49. The lowest BCUT2D eigenvalue weighted by Gasteiger charge is -2.32. The molecule has 2 amide bonds. The van der Waals surface area contributed by atoms with Gasteiger partial charge in [0, 0.05) is 43.1 Å². The van der Waals surface area contributed by atoms with Gasteiger partial charge < -0.3 is 19.9 Å². The number of likely N-dealkylation sites (tertiary alicyclic amines) is 1. The summed E-state index contributed by atoms with van der Waals surface area (Å²) in [6, 6.07) is 19.7. The van der Waals surface area contributed by atoms with Crippen molar-refractivity contribution < 1.29 is 18.7 Å². The first kappa shape index (κ1) is 25.2. The Hall–Kier alpha value is -3.42. The molecule has 6 nitrogen and oxygen atoms in total. The summed E-state index contributed by atoms with van der Waals surface area (Å²) in [7, 11) is 0. The molecular weight excluding hydrogens is 493 g/mol. The lowest BCUT2D eigenvalue weighted by molar-refractivity contribution is 0.0713. The number of nitrogens with zero attached hydrogens (tertiary/aromatic N) is 2. The van der Waals surface area contributed by atoms with Gasteiger partial charge in [-0.15, -0.1) is 0 Å². The van der Waals surface area contributed by atoms with Crippen LogP contribution >= 0.6 is 11.6 Å². The average molecular weight is 522 g/mol. The first-order chi connectivity index (χ1) is 18.0. The number of rotatable bonds is 5. The summed E-state index contributed by atoms with van der Waals surface area (Å²) in [6.07, 6.45) is 1.75. The Morgan fingerprint density at radius 1 is 0.892 bits per heavy atom. The number of amides is 2. The monoisotopic (exact) mass is 521 g/mol. The quantitative estimate of drug-likeness (QED) is 0.475. The van der Waals surface area contributed by atoms with Crippen LogP contribution in [-0.4, -0.2) is 56.1 Å². The van der Waals surface area contributed by atoms with Gasteiger partial charge in [0.2, 0.25) is 0 Å². The van der Waals surface area contributed by atoms with Crippen molar-refractivity contribution in [2.24, 2.45) is 0 Å². The predicted octanol–water partition coefficient (Wildman–Crippen LogP) is 5.59. The highest BCUT2D eigenvalue weighted by Crippen LogP contribution is 2.30. The maximum atomic E-state index is 13.7. The molecule has 2 aliphatic rings. The van der Waals surface area contributed by atoms with E-state index in [0.29, 0.717) is 30.3 Å². The van der Waals surface area contributed by atoms with Crippen LogP contribution in [-0.2, 0) is 4.74 Å². The number of ether oxygens (including phenoxy) is 1. The van der Waals surface area contributed by atoms with Crippen LogP contribution in [0, 0.1) is 5.82 Å². The maximum Gasteiger partial charge on any atom is 0.257 e. The van der Waals surface area contributed by atoms with E-state index in [-0.39, 0.29) is 16.5 Å². The van der Waals surface area contributed by atoms with Crippen LogP contribution in [0.1, 0.15) is 45.0 Å². The SMILES string of the molecule is O=C(Nc1ccc(C2CCN(C(=O)c3ccc(N4CCOCC4)cc3)CC2)cc1)c1cccc(F)c1Cl. The van der Waals surface area contributed by atoms with Crippen molar-refractivity contribution in [3.63, 3.8) is 0 Å². The summed E-state index contributed by atoms with van der Waals surface area (Å²) in [5, 5.41) is 2.58. The molecule has 3 aromatic rings. The Bertz CT molecular complexity index is 1250. The van der Waals surface area contributed by atoms with Crippen molar-refractivity contribution in [2.45, 2.75) is 18.8 Å². The minimum absolute atomic E-state index is 0.0704. The number of nitrogens with one attached hydrogen (secondary N) is 1.